The summed E-state index contributed by atoms with van der Waals surface area (Å²) in [5.41, 5.74) is -4.16. The van der Waals surface area contributed by atoms with Crippen molar-refractivity contribution < 1.29 is 22.7 Å². The molecule has 1 aromatic carbocycles. The summed E-state index contributed by atoms with van der Waals surface area (Å²) in [6.45, 7) is 0. The Morgan fingerprint density at radius 1 is 1.27 bits per heavy atom. The molecule has 1 N–H and O–H groups in total. The Hall–Kier alpha value is -1.54. The Morgan fingerprint density at radius 2 is 1.87 bits per heavy atom. The predicted octanol–water partition coefficient (Wildman–Crippen LogP) is 2.21. The maximum absolute atomic E-state index is 12.7. The van der Waals surface area contributed by atoms with Crippen molar-refractivity contribution in [1.29, 1.82) is 0 Å². The lowest BCUT2D eigenvalue weighted by molar-refractivity contribution is -0.240. The fraction of sp³-hybridized carbons (Fsp3) is 0.200. The highest BCUT2D eigenvalue weighted by Crippen LogP contribution is 2.38. The molecule has 1 rings (SSSR count). The van der Waals surface area contributed by atoms with Crippen LogP contribution in [0.3, 0.4) is 0 Å². The van der Waals surface area contributed by atoms with Crippen molar-refractivity contribution in [2.45, 2.75) is 11.8 Å². The molecule has 1 nitrogen and oxygen atoms in total. The van der Waals surface area contributed by atoms with Crippen LogP contribution in [0.1, 0.15) is 5.56 Å². The molecule has 0 heterocycles. The monoisotopic (exact) mass is 218 g/mol. The molecule has 0 saturated heterocycles. The zero-order valence-corrected chi connectivity index (χ0v) is 7.35. The first kappa shape index (κ1) is 11.5. The van der Waals surface area contributed by atoms with Gasteiger partial charge in [0.2, 0.25) is 5.60 Å². The van der Waals surface area contributed by atoms with E-state index in [4.69, 9.17) is 0 Å². The molecule has 0 aliphatic heterocycles. The summed E-state index contributed by atoms with van der Waals surface area (Å²) in [7, 11) is 0. The van der Waals surface area contributed by atoms with Crippen LogP contribution in [0.15, 0.2) is 24.3 Å². The van der Waals surface area contributed by atoms with Crippen molar-refractivity contribution in [3.05, 3.63) is 35.6 Å². The number of rotatable bonds is 1. The Kier molecular flexibility index (Phi) is 2.73. The van der Waals surface area contributed by atoms with E-state index in [0.717, 1.165) is 18.2 Å². The lowest BCUT2D eigenvalue weighted by Crippen LogP contribution is -2.40. The number of benzene rings is 1. The van der Waals surface area contributed by atoms with E-state index in [0.29, 0.717) is 6.07 Å². The third-order valence-electron chi connectivity index (χ3n) is 1.86. The first-order valence-corrected chi connectivity index (χ1v) is 3.84. The molecule has 0 aliphatic rings. The molecule has 0 bridgehead atoms. The Balaban J connectivity index is 3.32. The van der Waals surface area contributed by atoms with E-state index in [9.17, 15) is 22.7 Å². The second-order valence-electron chi connectivity index (χ2n) is 2.86. The van der Waals surface area contributed by atoms with Gasteiger partial charge >= 0.3 is 6.18 Å². The first-order valence-electron chi connectivity index (χ1n) is 3.84. The normalized spacial score (nSPS) is 15.5. The maximum atomic E-state index is 12.7. The van der Waals surface area contributed by atoms with E-state index in [2.05, 4.69) is 6.42 Å². The van der Waals surface area contributed by atoms with E-state index < -0.39 is 23.2 Å². The van der Waals surface area contributed by atoms with Crippen molar-refractivity contribution in [2.24, 2.45) is 0 Å². The fourth-order valence-corrected chi connectivity index (χ4v) is 1.04. The van der Waals surface area contributed by atoms with Gasteiger partial charge in [0.05, 0.1) is 0 Å². The number of hydrogen-bond donors (Lipinski definition) is 1. The molecular weight excluding hydrogens is 212 g/mol. The molecule has 0 fully saturated rings. The number of halogens is 4. The molecule has 0 radical (unpaired) electrons. The summed E-state index contributed by atoms with van der Waals surface area (Å²) in [4.78, 5) is 0. The topological polar surface area (TPSA) is 20.2 Å². The second kappa shape index (κ2) is 3.55. The number of terminal acetylenes is 1. The molecule has 0 amide bonds. The highest BCUT2D eigenvalue weighted by Gasteiger charge is 2.54. The van der Waals surface area contributed by atoms with Gasteiger partial charge in [-0.1, -0.05) is 18.1 Å². The molecule has 1 atom stereocenters. The van der Waals surface area contributed by atoms with Gasteiger partial charge in [0, 0.05) is 5.56 Å². The molecule has 0 unspecified atom stereocenters. The van der Waals surface area contributed by atoms with Gasteiger partial charge in [-0.3, -0.25) is 0 Å². The summed E-state index contributed by atoms with van der Waals surface area (Å²) in [5, 5.41) is 9.22. The van der Waals surface area contributed by atoms with Gasteiger partial charge in [-0.2, -0.15) is 13.2 Å². The fourth-order valence-electron chi connectivity index (χ4n) is 1.04. The second-order valence-corrected chi connectivity index (χ2v) is 2.86. The zero-order chi connectivity index (χ0) is 11.7. The van der Waals surface area contributed by atoms with Crippen LogP contribution in [0, 0.1) is 18.2 Å². The summed E-state index contributed by atoms with van der Waals surface area (Å²) in [5.74, 6) is 0.328. The largest absolute Gasteiger partial charge is 0.433 e. The van der Waals surface area contributed by atoms with Crippen molar-refractivity contribution in [3.63, 3.8) is 0 Å². The Morgan fingerprint density at radius 3 is 2.27 bits per heavy atom. The molecule has 5 heteroatoms. The van der Waals surface area contributed by atoms with Crippen molar-refractivity contribution in [3.8, 4) is 12.3 Å². The van der Waals surface area contributed by atoms with Gasteiger partial charge in [0.1, 0.15) is 5.82 Å². The average Bonchev–Trinajstić information content (AvgIpc) is 2.14. The van der Waals surface area contributed by atoms with Gasteiger partial charge in [-0.15, -0.1) is 6.42 Å². The van der Waals surface area contributed by atoms with E-state index in [1.807, 2.05) is 0 Å². The first-order chi connectivity index (χ1) is 6.81. The SMILES string of the molecule is C#C[C@](O)(c1cccc(F)c1)C(F)(F)F. The Labute approximate surface area is 83.3 Å². The van der Waals surface area contributed by atoms with Crippen LogP contribution >= 0.6 is 0 Å². The smallest absolute Gasteiger partial charge is 0.366 e. The van der Waals surface area contributed by atoms with Crippen molar-refractivity contribution in [1.82, 2.24) is 0 Å². The van der Waals surface area contributed by atoms with Crippen molar-refractivity contribution in [2.75, 3.05) is 0 Å². The van der Waals surface area contributed by atoms with Crippen LogP contribution in [0.4, 0.5) is 17.6 Å². The molecule has 0 aromatic heterocycles. The lowest BCUT2D eigenvalue weighted by Gasteiger charge is -2.25. The molecule has 0 saturated carbocycles. The average molecular weight is 218 g/mol. The minimum absolute atomic E-state index is 0.549. The Bertz CT molecular complexity index is 405. The van der Waals surface area contributed by atoms with Crippen molar-refractivity contribution >= 4 is 0 Å². The van der Waals surface area contributed by atoms with E-state index in [1.165, 1.54) is 5.92 Å². The van der Waals surface area contributed by atoms with Gasteiger partial charge in [0.25, 0.3) is 0 Å². The summed E-state index contributed by atoms with van der Waals surface area (Å²) < 4.78 is 49.9. The molecule has 15 heavy (non-hydrogen) atoms. The number of aliphatic hydroxyl groups is 1. The molecule has 0 spiro atoms. The quantitative estimate of drug-likeness (QED) is 0.566. The molecular formula is C10H6F4O. The van der Waals surface area contributed by atoms with E-state index in [1.54, 1.807) is 0 Å². The number of hydrogen-bond acceptors (Lipinski definition) is 1. The van der Waals surface area contributed by atoms with Crippen LogP contribution in [0.25, 0.3) is 0 Å². The summed E-state index contributed by atoms with van der Waals surface area (Å²) >= 11 is 0. The van der Waals surface area contributed by atoms with Crippen LogP contribution in [0.5, 0.6) is 0 Å². The molecule has 80 valence electrons. The number of alkyl halides is 3. The van der Waals surface area contributed by atoms with Gasteiger partial charge < -0.3 is 5.11 Å². The van der Waals surface area contributed by atoms with Crippen LogP contribution < -0.4 is 0 Å². The standard InChI is InChI=1S/C10H6F4O/c1-2-9(15,10(12,13)14)7-4-3-5-8(11)6-7/h1,3-6,15H/t9-/m0/s1. The summed E-state index contributed by atoms with van der Waals surface area (Å²) in [6, 6.07) is 3.46. The van der Waals surface area contributed by atoms with E-state index >= 15 is 0 Å². The lowest BCUT2D eigenvalue weighted by atomic mass is 9.94. The van der Waals surface area contributed by atoms with Crippen LogP contribution in [0.2, 0.25) is 0 Å². The minimum Gasteiger partial charge on any atom is -0.366 e. The summed E-state index contributed by atoms with van der Waals surface area (Å²) in [6.07, 6.45) is -0.413. The zero-order valence-electron chi connectivity index (χ0n) is 7.35. The highest BCUT2D eigenvalue weighted by atomic mass is 19.4. The van der Waals surface area contributed by atoms with Gasteiger partial charge in [-0.05, 0) is 12.1 Å². The van der Waals surface area contributed by atoms with E-state index in [-0.39, 0.29) is 0 Å². The third kappa shape index (κ3) is 1.95. The van der Waals surface area contributed by atoms with Gasteiger partial charge in [0.15, 0.2) is 0 Å². The van der Waals surface area contributed by atoms with Gasteiger partial charge in [-0.25, -0.2) is 4.39 Å². The predicted molar refractivity (Wildman–Crippen MR) is 45.2 cm³/mol. The molecule has 0 aliphatic carbocycles. The van der Waals surface area contributed by atoms with Crippen LogP contribution in [-0.4, -0.2) is 11.3 Å². The highest BCUT2D eigenvalue weighted by molar-refractivity contribution is 5.32. The molecule has 1 aromatic rings. The van der Waals surface area contributed by atoms with Crippen LogP contribution in [-0.2, 0) is 5.60 Å². The maximum Gasteiger partial charge on any atom is 0.433 e. The third-order valence-corrected chi connectivity index (χ3v) is 1.86. The minimum atomic E-state index is -5.05.